The molecule has 0 aromatic heterocycles. The van der Waals surface area contributed by atoms with Crippen molar-refractivity contribution in [3.8, 4) is 0 Å². The minimum absolute atomic E-state index is 0.0396. The smallest absolute Gasteiger partial charge is 0.407 e. The van der Waals surface area contributed by atoms with Crippen molar-refractivity contribution in [3.63, 3.8) is 0 Å². The zero-order chi connectivity index (χ0) is 9.56. The maximum Gasteiger partial charge on any atom is 0.407 e. The van der Waals surface area contributed by atoms with E-state index in [1.807, 2.05) is 6.92 Å². The Morgan fingerprint density at radius 1 is 1.50 bits per heavy atom. The molecule has 0 aliphatic heterocycles. The van der Waals surface area contributed by atoms with Crippen LogP contribution in [0.2, 0.25) is 0 Å². The van der Waals surface area contributed by atoms with E-state index in [1.165, 1.54) is 14.0 Å². The molecular formula is C8H15NO3. The fourth-order valence-corrected chi connectivity index (χ4v) is 0.867. The minimum Gasteiger partial charge on any atom is -0.453 e. The Morgan fingerprint density at radius 2 is 2.08 bits per heavy atom. The first-order chi connectivity index (χ1) is 5.61. The topological polar surface area (TPSA) is 55.4 Å². The number of Topliss-reactive ketones (excluding diaryl/α,β-unsaturated/α-hetero) is 1. The number of hydrogen-bond acceptors (Lipinski definition) is 3. The van der Waals surface area contributed by atoms with Crippen LogP contribution in [0, 0.1) is 0 Å². The highest BCUT2D eigenvalue weighted by molar-refractivity contribution is 5.85. The number of rotatable bonds is 4. The van der Waals surface area contributed by atoms with Gasteiger partial charge in [-0.15, -0.1) is 0 Å². The van der Waals surface area contributed by atoms with Gasteiger partial charge in [0.25, 0.3) is 0 Å². The number of carbonyl (C=O) groups excluding carboxylic acids is 2. The van der Waals surface area contributed by atoms with E-state index in [0.29, 0.717) is 6.42 Å². The molecule has 4 nitrogen and oxygen atoms in total. The molecule has 0 bridgehead atoms. The first-order valence-corrected chi connectivity index (χ1v) is 3.96. The molecule has 0 aliphatic carbocycles. The standard InChI is InChI=1S/C8H15NO3/c1-4-5-7(6(2)10)9-8(11)12-3/h7H,4-5H2,1-3H3,(H,9,11)/t7-/m0/s1. The normalized spacial score (nSPS) is 11.9. The molecule has 0 spiro atoms. The van der Waals surface area contributed by atoms with Crippen LogP contribution in [0.5, 0.6) is 0 Å². The zero-order valence-electron chi connectivity index (χ0n) is 7.72. The number of amides is 1. The third kappa shape index (κ3) is 3.95. The number of ketones is 1. The number of ether oxygens (including phenoxy) is 1. The average Bonchev–Trinajstić information content (AvgIpc) is 2.03. The van der Waals surface area contributed by atoms with Crippen molar-refractivity contribution in [1.29, 1.82) is 0 Å². The van der Waals surface area contributed by atoms with Crippen molar-refractivity contribution in [2.75, 3.05) is 7.11 Å². The predicted octanol–water partition coefficient (Wildman–Crippen LogP) is 1.10. The van der Waals surface area contributed by atoms with Gasteiger partial charge in [-0.05, 0) is 13.3 Å². The van der Waals surface area contributed by atoms with E-state index in [-0.39, 0.29) is 5.78 Å². The Kier molecular flexibility index (Phi) is 5.08. The molecule has 0 unspecified atom stereocenters. The largest absolute Gasteiger partial charge is 0.453 e. The van der Waals surface area contributed by atoms with Crippen LogP contribution in [-0.4, -0.2) is 25.0 Å². The van der Waals surface area contributed by atoms with Gasteiger partial charge in [0.15, 0.2) is 5.78 Å². The predicted molar refractivity (Wildman–Crippen MR) is 44.9 cm³/mol. The van der Waals surface area contributed by atoms with Gasteiger partial charge in [-0.2, -0.15) is 0 Å². The van der Waals surface area contributed by atoms with Crippen LogP contribution in [0.1, 0.15) is 26.7 Å². The summed E-state index contributed by atoms with van der Waals surface area (Å²) >= 11 is 0. The van der Waals surface area contributed by atoms with Crippen molar-refractivity contribution in [3.05, 3.63) is 0 Å². The lowest BCUT2D eigenvalue weighted by molar-refractivity contribution is -0.119. The molecular weight excluding hydrogens is 158 g/mol. The Hall–Kier alpha value is -1.06. The first kappa shape index (κ1) is 10.9. The molecule has 0 radical (unpaired) electrons. The number of alkyl carbamates (subject to hydrolysis) is 1. The Labute approximate surface area is 72.3 Å². The van der Waals surface area contributed by atoms with Gasteiger partial charge in [0.1, 0.15) is 0 Å². The van der Waals surface area contributed by atoms with Crippen LogP contribution in [-0.2, 0) is 9.53 Å². The summed E-state index contributed by atoms with van der Waals surface area (Å²) < 4.78 is 4.37. The molecule has 0 aromatic carbocycles. The van der Waals surface area contributed by atoms with Crippen LogP contribution >= 0.6 is 0 Å². The lowest BCUT2D eigenvalue weighted by Gasteiger charge is -2.13. The molecule has 1 atom stereocenters. The van der Waals surface area contributed by atoms with Gasteiger partial charge in [-0.25, -0.2) is 4.79 Å². The van der Waals surface area contributed by atoms with Gasteiger partial charge in [-0.3, -0.25) is 4.79 Å². The maximum atomic E-state index is 10.9. The van der Waals surface area contributed by atoms with E-state index >= 15 is 0 Å². The average molecular weight is 173 g/mol. The lowest BCUT2D eigenvalue weighted by Crippen LogP contribution is -2.39. The van der Waals surface area contributed by atoms with Crippen molar-refractivity contribution < 1.29 is 14.3 Å². The van der Waals surface area contributed by atoms with Crippen molar-refractivity contribution >= 4 is 11.9 Å². The third-order valence-corrected chi connectivity index (χ3v) is 1.55. The summed E-state index contributed by atoms with van der Waals surface area (Å²) in [5, 5.41) is 2.46. The molecule has 0 fully saturated rings. The van der Waals surface area contributed by atoms with Crippen molar-refractivity contribution in [1.82, 2.24) is 5.32 Å². The highest BCUT2D eigenvalue weighted by Gasteiger charge is 2.15. The lowest BCUT2D eigenvalue weighted by atomic mass is 10.1. The van der Waals surface area contributed by atoms with Gasteiger partial charge in [-0.1, -0.05) is 13.3 Å². The van der Waals surface area contributed by atoms with Gasteiger partial charge in [0, 0.05) is 0 Å². The van der Waals surface area contributed by atoms with E-state index in [4.69, 9.17) is 0 Å². The van der Waals surface area contributed by atoms with E-state index in [1.54, 1.807) is 0 Å². The van der Waals surface area contributed by atoms with Crippen LogP contribution in [0.15, 0.2) is 0 Å². The quantitative estimate of drug-likeness (QED) is 0.692. The Bertz CT molecular complexity index is 166. The highest BCUT2D eigenvalue weighted by Crippen LogP contribution is 1.97. The molecule has 1 N–H and O–H groups in total. The summed E-state index contributed by atoms with van der Waals surface area (Å²) in [5.41, 5.74) is 0. The van der Waals surface area contributed by atoms with Crippen molar-refractivity contribution in [2.24, 2.45) is 0 Å². The SMILES string of the molecule is CCC[C@H](NC(=O)OC)C(C)=O. The number of carbonyl (C=O) groups is 2. The molecule has 0 aliphatic rings. The van der Waals surface area contributed by atoms with Crippen LogP contribution in [0.4, 0.5) is 4.79 Å². The fraction of sp³-hybridized carbons (Fsp3) is 0.750. The van der Waals surface area contributed by atoms with E-state index in [0.717, 1.165) is 6.42 Å². The molecule has 0 rings (SSSR count). The number of methoxy groups -OCH3 is 1. The zero-order valence-corrected chi connectivity index (χ0v) is 7.72. The summed E-state index contributed by atoms with van der Waals surface area (Å²) in [4.78, 5) is 21.6. The summed E-state index contributed by atoms with van der Waals surface area (Å²) in [6, 6.07) is -0.401. The molecule has 0 saturated carbocycles. The Morgan fingerprint density at radius 3 is 2.42 bits per heavy atom. The molecule has 1 amide bonds. The van der Waals surface area contributed by atoms with Crippen LogP contribution in [0.3, 0.4) is 0 Å². The molecule has 4 heteroatoms. The molecule has 12 heavy (non-hydrogen) atoms. The third-order valence-electron chi connectivity index (χ3n) is 1.55. The van der Waals surface area contributed by atoms with Gasteiger partial charge in [0.2, 0.25) is 0 Å². The number of hydrogen-bond donors (Lipinski definition) is 1. The van der Waals surface area contributed by atoms with Gasteiger partial charge >= 0.3 is 6.09 Å². The second-order valence-electron chi connectivity index (χ2n) is 2.59. The minimum atomic E-state index is -0.552. The van der Waals surface area contributed by atoms with Gasteiger partial charge in [0.05, 0.1) is 13.2 Å². The molecule has 0 aromatic rings. The molecule has 0 saturated heterocycles. The highest BCUT2D eigenvalue weighted by atomic mass is 16.5. The maximum absolute atomic E-state index is 10.9. The number of nitrogens with one attached hydrogen (secondary N) is 1. The van der Waals surface area contributed by atoms with E-state index < -0.39 is 12.1 Å². The summed E-state index contributed by atoms with van der Waals surface area (Å²) in [7, 11) is 1.28. The van der Waals surface area contributed by atoms with Gasteiger partial charge < -0.3 is 10.1 Å². The first-order valence-electron chi connectivity index (χ1n) is 3.96. The second kappa shape index (κ2) is 5.57. The summed E-state index contributed by atoms with van der Waals surface area (Å²) in [6.07, 6.45) is 0.960. The summed E-state index contributed by atoms with van der Waals surface area (Å²) in [5.74, 6) is -0.0396. The summed E-state index contributed by atoms with van der Waals surface area (Å²) in [6.45, 7) is 3.41. The van der Waals surface area contributed by atoms with E-state index in [9.17, 15) is 9.59 Å². The van der Waals surface area contributed by atoms with Crippen molar-refractivity contribution in [2.45, 2.75) is 32.7 Å². The van der Waals surface area contributed by atoms with E-state index in [2.05, 4.69) is 10.1 Å². The molecule has 70 valence electrons. The molecule has 0 heterocycles. The Balaban J connectivity index is 3.95. The van der Waals surface area contributed by atoms with Crippen LogP contribution < -0.4 is 5.32 Å². The fourth-order valence-electron chi connectivity index (χ4n) is 0.867. The van der Waals surface area contributed by atoms with Crippen LogP contribution in [0.25, 0.3) is 0 Å². The second-order valence-corrected chi connectivity index (χ2v) is 2.59. The monoisotopic (exact) mass is 173 g/mol.